The number of benzene rings is 1. The van der Waals surface area contributed by atoms with Crippen molar-refractivity contribution in [2.75, 3.05) is 18.4 Å². The van der Waals surface area contributed by atoms with E-state index in [0.717, 1.165) is 49.0 Å². The highest BCUT2D eigenvalue weighted by molar-refractivity contribution is 6.09. The van der Waals surface area contributed by atoms with E-state index in [0.29, 0.717) is 12.6 Å². The SMILES string of the molecule is O=C(NCCc1ccncc1)[C@H]1C[C@H]2CCCN2[C@]12C(=O)Nc1ccccc12. The third kappa shape index (κ3) is 2.48. The van der Waals surface area contributed by atoms with Crippen molar-refractivity contribution in [1.29, 1.82) is 0 Å². The largest absolute Gasteiger partial charge is 0.355 e. The lowest BCUT2D eigenvalue weighted by molar-refractivity contribution is -0.137. The number of nitrogens with one attached hydrogen (secondary N) is 2. The summed E-state index contributed by atoms with van der Waals surface area (Å²) in [5.74, 6) is -0.429. The number of hydrogen-bond acceptors (Lipinski definition) is 4. The molecule has 3 aliphatic rings. The highest BCUT2D eigenvalue weighted by Gasteiger charge is 2.65. The maximum absolute atomic E-state index is 13.3. The summed E-state index contributed by atoms with van der Waals surface area (Å²) in [6.07, 6.45) is 7.15. The molecule has 6 heteroatoms. The van der Waals surface area contributed by atoms with Crippen LogP contribution in [0.4, 0.5) is 5.69 Å². The van der Waals surface area contributed by atoms with Crippen LogP contribution in [-0.4, -0.2) is 40.8 Å². The molecule has 2 fully saturated rings. The maximum atomic E-state index is 13.3. The number of anilines is 1. The van der Waals surface area contributed by atoms with E-state index in [1.807, 2.05) is 36.4 Å². The van der Waals surface area contributed by atoms with Gasteiger partial charge in [-0.2, -0.15) is 0 Å². The van der Waals surface area contributed by atoms with Gasteiger partial charge in [-0.3, -0.25) is 19.5 Å². The van der Waals surface area contributed by atoms with E-state index in [4.69, 9.17) is 0 Å². The molecule has 1 aromatic heterocycles. The molecule has 0 saturated carbocycles. The Morgan fingerprint density at radius 1 is 1.25 bits per heavy atom. The molecule has 2 saturated heterocycles. The van der Waals surface area contributed by atoms with Crippen molar-refractivity contribution >= 4 is 17.5 Å². The summed E-state index contributed by atoms with van der Waals surface area (Å²) in [4.78, 5) is 32.8. The summed E-state index contributed by atoms with van der Waals surface area (Å²) < 4.78 is 0. The normalized spacial score (nSPS) is 28.2. The Labute approximate surface area is 164 Å². The van der Waals surface area contributed by atoms with Gasteiger partial charge in [0.25, 0.3) is 0 Å². The van der Waals surface area contributed by atoms with Crippen LogP contribution in [0.3, 0.4) is 0 Å². The van der Waals surface area contributed by atoms with Crippen molar-refractivity contribution in [3.8, 4) is 0 Å². The molecule has 1 aromatic carbocycles. The van der Waals surface area contributed by atoms with Gasteiger partial charge >= 0.3 is 0 Å². The fourth-order valence-corrected chi connectivity index (χ4v) is 5.38. The molecule has 28 heavy (non-hydrogen) atoms. The second kappa shape index (κ2) is 6.71. The summed E-state index contributed by atoms with van der Waals surface area (Å²) in [7, 11) is 0. The van der Waals surface area contributed by atoms with Crippen LogP contribution in [0.5, 0.6) is 0 Å². The first-order valence-corrected chi connectivity index (χ1v) is 10.1. The van der Waals surface area contributed by atoms with Crippen molar-refractivity contribution in [2.24, 2.45) is 5.92 Å². The van der Waals surface area contributed by atoms with Crippen LogP contribution in [0.1, 0.15) is 30.4 Å². The molecule has 2 amide bonds. The van der Waals surface area contributed by atoms with Gasteiger partial charge in [0.05, 0.1) is 5.92 Å². The van der Waals surface area contributed by atoms with E-state index >= 15 is 0 Å². The fourth-order valence-electron chi connectivity index (χ4n) is 5.38. The van der Waals surface area contributed by atoms with Gasteiger partial charge in [-0.1, -0.05) is 18.2 Å². The van der Waals surface area contributed by atoms with Crippen LogP contribution in [0.15, 0.2) is 48.8 Å². The van der Waals surface area contributed by atoms with Crippen LogP contribution < -0.4 is 10.6 Å². The summed E-state index contributed by atoms with van der Waals surface area (Å²) in [5.41, 5.74) is 2.08. The highest BCUT2D eigenvalue weighted by atomic mass is 16.2. The van der Waals surface area contributed by atoms with Gasteiger partial charge in [-0.15, -0.1) is 0 Å². The third-order valence-electron chi connectivity index (χ3n) is 6.55. The molecule has 1 spiro atoms. The second-order valence-corrected chi connectivity index (χ2v) is 7.94. The Morgan fingerprint density at radius 3 is 2.93 bits per heavy atom. The molecule has 6 nitrogen and oxygen atoms in total. The first-order valence-electron chi connectivity index (χ1n) is 10.1. The molecule has 3 aliphatic heterocycles. The quantitative estimate of drug-likeness (QED) is 0.857. The summed E-state index contributed by atoms with van der Waals surface area (Å²) in [5, 5.41) is 6.14. The van der Waals surface area contributed by atoms with Crippen LogP contribution in [0.25, 0.3) is 0 Å². The average Bonchev–Trinajstić information content (AvgIpc) is 3.37. The number of pyridine rings is 1. The number of amides is 2. The van der Waals surface area contributed by atoms with E-state index < -0.39 is 5.54 Å². The van der Waals surface area contributed by atoms with Gasteiger partial charge in [-0.25, -0.2) is 0 Å². The van der Waals surface area contributed by atoms with Gasteiger partial charge < -0.3 is 10.6 Å². The molecule has 5 rings (SSSR count). The molecule has 0 bridgehead atoms. The van der Waals surface area contributed by atoms with Crippen molar-refractivity contribution in [1.82, 2.24) is 15.2 Å². The van der Waals surface area contributed by atoms with E-state index in [9.17, 15) is 9.59 Å². The molecule has 3 atom stereocenters. The summed E-state index contributed by atoms with van der Waals surface area (Å²) in [6, 6.07) is 12.0. The zero-order valence-corrected chi connectivity index (χ0v) is 15.7. The van der Waals surface area contributed by atoms with Gasteiger partial charge in [0.15, 0.2) is 0 Å². The Hall–Kier alpha value is -2.73. The highest BCUT2D eigenvalue weighted by Crippen LogP contribution is 2.55. The molecule has 0 unspecified atom stereocenters. The van der Waals surface area contributed by atoms with E-state index in [-0.39, 0.29) is 17.7 Å². The Morgan fingerprint density at radius 2 is 2.07 bits per heavy atom. The Bertz CT molecular complexity index is 916. The molecule has 0 radical (unpaired) electrons. The van der Waals surface area contributed by atoms with Gasteiger partial charge in [0.2, 0.25) is 11.8 Å². The topological polar surface area (TPSA) is 74.3 Å². The maximum Gasteiger partial charge on any atom is 0.250 e. The number of carbonyl (C=O) groups is 2. The molecular weight excluding hydrogens is 352 g/mol. The monoisotopic (exact) mass is 376 g/mol. The number of hydrogen-bond donors (Lipinski definition) is 2. The Kier molecular flexibility index (Phi) is 4.16. The lowest BCUT2D eigenvalue weighted by Gasteiger charge is -2.36. The molecule has 4 heterocycles. The smallest absolute Gasteiger partial charge is 0.250 e. The number of aromatic nitrogens is 1. The number of fused-ring (bicyclic) bond motifs is 4. The van der Waals surface area contributed by atoms with Crippen molar-refractivity contribution < 1.29 is 9.59 Å². The Balaban J connectivity index is 1.42. The second-order valence-electron chi connectivity index (χ2n) is 7.94. The van der Waals surface area contributed by atoms with Crippen molar-refractivity contribution in [3.63, 3.8) is 0 Å². The predicted octanol–water partition coefficient (Wildman–Crippen LogP) is 2.07. The molecule has 144 valence electrons. The van der Waals surface area contributed by atoms with Crippen LogP contribution in [0.2, 0.25) is 0 Å². The van der Waals surface area contributed by atoms with Crippen LogP contribution in [-0.2, 0) is 21.5 Å². The number of para-hydroxylation sites is 1. The predicted molar refractivity (Wildman–Crippen MR) is 106 cm³/mol. The molecule has 0 aliphatic carbocycles. The van der Waals surface area contributed by atoms with Crippen molar-refractivity contribution in [2.45, 2.75) is 37.3 Å². The van der Waals surface area contributed by atoms with Gasteiger partial charge in [0.1, 0.15) is 5.54 Å². The minimum atomic E-state index is -0.863. The zero-order chi connectivity index (χ0) is 19.1. The minimum Gasteiger partial charge on any atom is -0.355 e. The van der Waals surface area contributed by atoms with E-state index in [1.165, 1.54) is 0 Å². The van der Waals surface area contributed by atoms with Crippen LogP contribution in [0, 0.1) is 5.92 Å². The van der Waals surface area contributed by atoms with Gasteiger partial charge in [-0.05, 0) is 56.0 Å². The standard InChI is InChI=1S/C22H24N4O2/c27-20(24-12-9-15-7-10-23-11-8-15)18-14-16-4-3-13-26(16)22(18)17-5-1-2-6-19(17)25-21(22)28/h1-2,5-8,10-11,16,18H,3-4,9,12-14H2,(H,24,27)(H,25,28)/t16-,18-,22+/m1/s1. The number of rotatable bonds is 4. The first kappa shape index (κ1) is 17.4. The number of carbonyl (C=O) groups excluding carboxylic acids is 2. The molecule has 2 aromatic rings. The first-order chi connectivity index (χ1) is 13.7. The zero-order valence-electron chi connectivity index (χ0n) is 15.7. The van der Waals surface area contributed by atoms with E-state index in [1.54, 1.807) is 12.4 Å². The molecular formula is C22H24N4O2. The lowest BCUT2D eigenvalue weighted by Crippen LogP contribution is -2.54. The summed E-state index contributed by atoms with van der Waals surface area (Å²) >= 11 is 0. The average molecular weight is 376 g/mol. The summed E-state index contributed by atoms with van der Waals surface area (Å²) in [6.45, 7) is 1.43. The third-order valence-corrected chi connectivity index (χ3v) is 6.55. The molecule has 2 N–H and O–H groups in total. The van der Waals surface area contributed by atoms with Crippen molar-refractivity contribution in [3.05, 3.63) is 59.9 Å². The number of nitrogens with zero attached hydrogens (tertiary/aromatic N) is 2. The lowest BCUT2D eigenvalue weighted by atomic mass is 9.78. The fraction of sp³-hybridized carbons (Fsp3) is 0.409. The van der Waals surface area contributed by atoms with E-state index in [2.05, 4.69) is 20.5 Å². The van der Waals surface area contributed by atoms with Gasteiger partial charge in [0, 0.05) is 36.2 Å². The van der Waals surface area contributed by atoms with Crippen LogP contribution >= 0.6 is 0 Å². The minimum absolute atomic E-state index is 0.0182.